The molecule has 1 aliphatic carbocycles. The first-order valence-corrected chi connectivity index (χ1v) is 13.9. The molecule has 1 saturated carbocycles. The predicted molar refractivity (Wildman–Crippen MR) is 151 cm³/mol. The van der Waals surface area contributed by atoms with Crippen LogP contribution in [0.2, 0.25) is 5.02 Å². The molecule has 0 bridgehead atoms. The third-order valence-electron chi connectivity index (χ3n) is 8.07. The predicted octanol–water partition coefficient (Wildman–Crippen LogP) is 5.75. The quantitative estimate of drug-likeness (QED) is 0.370. The maximum absolute atomic E-state index is 11.9. The number of benzene rings is 1. The van der Waals surface area contributed by atoms with Crippen molar-refractivity contribution in [3.8, 4) is 11.3 Å². The number of halogens is 1. The van der Waals surface area contributed by atoms with Crippen LogP contribution in [0.1, 0.15) is 45.4 Å². The first-order valence-electron chi connectivity index (χ1n) is 13.6. The maximum atomic E-state index is 11.9. The molecule has 2 aliphatic rings. The van der Waals surface area contributed by atoms with Crippen molar-refractivity contribution in [1.29, 1.82) is 0 Å². The molecular formula is C29H37ClN6O. The van der Waals surface area contributed by atoms with Gasteiger partial charge in [-0.25, -0.2) is 9.97 Å². The molecule has 0 spiro atoms. The Balaban J connectivity index is 1.21. The highest BCUT2D eigenvalue weighted by molar-refractivity contribution is 6.33. The van der Waals surface area contributed by atoms with E-state index in [0.717, 1.165) is 74.0 Å². The van der Waals surface area contributed by atoms with Gasteiger partial charge in [0.15, 0.2) is 0 Å². The summed E-state index contributed by atoms with van der Waals surface area (Å²) >= 11 is 6.54. The molecule has 1 saturated heterocycles. The van der Waals surface area contributed by atoms with E-state index in [4.69, 9.17) is 16.6 Å². The van der Waals surface area contributed by atoms with Crippen LogP contribution in [0.3, 0.4) is 0 Å². The highest BCUT2D eigenvalue weighted by Gasteiger charge is 2.29. The van der Waals surface area contributed by atoms with E-state index in [2.05, 4.69) is 45.8 Å². The second-order valence-electron chi connectivity index (χ2n) is 10.4. The number of piperidine rings is 1. The van der Waals surface area contributed by atoms with E-state index in [1.165, 1.54) is 18.9 Å². The number of nitrogens with one attached hydrogen (secondary N) is 2. The van der Waals surface area contributed by atoms with Crippen molar-refractivity contribution in [2.75, 3.05) is 31.5 Å². The molecule has 37 heavy (non-hydrogen) atoms. The minimum Gasteiger partial charge on any atom is -0.360 e. The lowest BCUT2D eigenvalue weighted by Crippen LogP contribution is -2.48. The number of carbonyl (C=O) groups excluding carboxylic acids is 1. The molecule has 1 aromatic carbocycles. The fourth-order valence-corrected chi connectivity index (χ4v) is 6.30. The topological polar surface area (TPSA) is 77.2 Å². The van der Waals surface area contributed by atoms with Crippen molar-refractivity contribution >= 4 is 34.4 Å². The van der Waals surface area contributed by atoms with E-state index in [1.807, 2.05) is 23.2 Å². The first kappa shape index (κ1) is 25.7. The Morgan fingerprint density at radius 3 is 2.86 bits per heavy atom. The van der Waals surface area contributed by atoms with Gasteiger partial charge in [-0.3, -0.25) is 4.79 Å². The van der Waals surface area contributed by atoms with Crippen LogP contribution in [-0.4, -0.2) is 68.9 Å². The second-order valence-corrected chi connectivity index (χ2v) is 10.8. The molecule has 2 N–H and O–H groups in total. The summed E-state index contributed by atoms with van der Waals surface area (Å²) in [5.74, 6) is 1.33. The minimum absolute atomic E-state index is 0.0555. The average molecular weight is 521 g/mol. The van der Waals surface area contributed by atoms with Gasteiger partial charge in [0, 0.05) is 54.4 Å². The monoisotopic (exact) mass is 520 g/mol. The van der Waals surface area contributed by atoms with Crippen LogP contribution in [0.4, 0.5) is 5.95 Å². The lowest BCUT2D eigenvalue weighted by atomic mass is 9.85. The van der Waals surface area contributed by atoms with E-state index in [1.54, 1.807) is 6.20 Å². The fraction of sp³-hybridized carbons (Fsp3) is 0.483. The van der Waals surface area contributed by atoms with Gasteiger partial charge in [0.25, 0.3) is 0 Å². The van der Waals surface area contributed by atoms with E-state index >= 15 is 0 Å². The van der Waals surface area contributed by atoms with E-state index < -0.39 is 0 Å². The van der Waals surface area contributed by atoms with Gasteiger partial charge in [0.1, 0.15) is 0 Å². The number of amides is 1. The number of likely N-dealkylation sites (tertiary alicyclic amines) is 1. The summed E-state index contributed by atoms with van der Waals surface area (Å²) in [7, 11) is 0. The summed E-state index contributed by atoms with van der Waals surface area (Å²) in [6, 6.07) is 9.08. The smallest absolute Gasteiger partial charge is 0.245 e. The zero-order valence-corrected chi connectivity index (χ0v) is 22.4. The minimum atomic E-state index is 0.0555. The molecule has 7 nitrogen and oxygen atoms in total. The molecule has 3 aromatic rings. The second kappa shape index (κ2) is 11.7. The van der Waals surface area contributed by atoms with E-state index in [-0.39, 0.29) is 5.91 Å². The normalized spacial score (nSPS) is 20.9. The number of anilines is 1. The van der Waals surface area contributed by atoms with Crippen molar-refractivity contribution in [3.63, 3.8) is 0 Å². The molecule has 8 heteroatoms. The summed E-state index contributed by atoms with van der Waals surface area (Å²) in [6.45, 7) is 9.69. The summed E-state index contributed by atoms with van der Waals surface area (Å²) in [4.78, 5) is 29.2. The lowest BCUT2D eigenvalue weighted by molar-refractivity contribution is -0.127. The Morgan fingerprint density at radius 2 is 2.08 bits per heavy atom. The van der Waals surface area contributed by atoms with Gasteiger partial charge < -0.3 is 20.1 Å². The first-order chi connectivity index (χ1) is 18.1. The van der Waals surface area contributed by atoms with Crippen LogP contribution >= 0.6 is 11.6 Å². The van der Waals surface area contributed by atoms with Gasteiger partial charge >= 0.3 is 0 Å². The third kappa shape index (κ3) is 5.83. The molecule has 2 aromatic heterocycles. The highest BCUT2D eigenvalue weighted by Crippen LogP contribution is 2.33. The van der Waals surface area contributed by atoms with Crippen LogP contribution in [0, 0.1) is 5.92 Å². The van der Waals surface area contributed by atoms with Gasteiger partial charge in [-0.1, -0.05) is 49.7 Å². The number of hydrogen-bond acceptors (Lipinski definition) is 5. The number of aromatic amines is 1. The standard InChI is InChI=1S/C29H37ClN6O/c1-3-27(37)36-14-12-22(13-15-36)35(4-2)19-20-8-7-9-21(16-20)33-29-32-18-25(30)28(34-29)24-17-31-26-11-6-5-10-23(24)26/h3,5-6,10-11,17-18,20-22,31H,1,4,7-9,12-16,19H2,2H3,(H,32,33,34)/t20-,21+/m0/s1. The molecule has 5 rings (SSSR count). The van der Waals surface area contributed by atoms with Crippen molar-refractivity contribution < 1.29 is 4.79 Å². The molecule has 0 radical (unpaired) electrons. The lowest BCUT2D eigenvalue weighted by Gasteiger charge is -2.40. The third-order valence-corrected chi connectivity index (χ3v) is 8.35. The van der Waals surface area contributed by atoms with Gasteiger partial charge in [-0.15, -0.1) is 0 Å². The number of carbonyl (C=O) groups is 1. The average Bonchev–Trinajstić information content (AvgIpc) is 3.37. The summed E-state index contributed by atoms with van der Waals surface area (Å²) < 4.78 is 0. The highest BCUT2D eigenvalue weighted by atomic mass is 35.5. The number of fused-ring (bicyclic) bond motifs is 1. The zero-order valence-electron chi connectivity index (χ0n) is 21.6. The molecule has 1 aliphatic heterocycles. The van der Waals surface area contributed by atoms with Crippen LogP contribution < -0.4 is 5.32 Å². The Labute approximate surface area is 224 Å². The van der Waals surface area contributed by atoms with Crippen molar-refractivity contribution in [2.45, 2.75) is 57.5 Å². The Morgan fingerprint density at radius 1 is 1.27 bits per heavy atom. The van der Waals surface area contributed by atoms with Crippen LogP contribution in [-0.2, 0) is 4.79 Å². The van der Waals surface area contributed by atoms with E-state index in [9.17, 15) is 4.79 Å². The molecule has 3 heterocycles. The van der Waals surface area contributed by atoms with Gasteiger partial charge in [-0.05, 0) is 56.7 Å². The van der Waals surface area contributed by atoms with E-state index in [0.29, 0.717) is 29.0 Å². The molecule has 2 fully saturated rings. The SMILES string of the molecule is C=CC(=O)N1CCC(N(CC)C[C@H]2CCC[C@@H](Nc3ncc(Cl)c(-c4c[nH]c5ccccc45)n3)C2)CC1. The Kier molecular flexibility index (Phi) is 8.11. The maximum Gasteiger partial charge on any atom is 0.245 e. The van der Waals surface area contributed by atoms with Gasteiger partial charge in [0.2, 0.25) is 11.9 Å². The fourth-order valence-electron chi connectivity index (χ4n) is 6.11. The number of H-pyrrole nitrogens is 1. The zero-order chi connectivity index (χ0) is 25.8. The van der Waals surface area contributed by atoms with Crippen LogP contribution in [0.15, 0.2) is 49.3 Å². The Hall–Kier alpha value is -2.90. The molecule has 0 unspecified atom stereocenters. The molecule has 2 atom stereocenters. The van der Waals surface area contributed by atoms with Crippen molar-refractivity contribution in [2.24, 2.45) is 5.92 Å². The number of aromatic nitrogens is 3. The van der Waals surface area contributed by atoms with Crippen LogP contribution in [0.25, 0.3) is 22.2 Å². The number of hydrogen-bond donors (Lipinski definition) is 2. The molecule has 196 valence electrons. The molecular weight excluding hydrogens is 484 g/mol. The van der Waals surface area contributed by atoms with Gasteiger partial charge in [0.05, 0.1) is 16.9 Å². The number of para-hydroxylation sites is 1. The van der Waals surface area contributed by atoms with Gasteiger partial charge in [-0.2, -0.15) is 0 Å². The van der Waals surface area contributed by atoms with Crippen molar-refractivity contribution in [3.05, 3.63) is 54.3 Å². The van der Waals surface area contributed by atoms with Crippen LogP contribution in [0.5, 0.6) is 0 Å². The number of nitrogens with zero attached hydrogens (tertiary/aromatic N) is 4. The summed E-state index contributed by atoms with van der Waals surface area (Å²) in [5, 5.41) is 5.28. The number of rotatable bonds is 8. The summed E-state index contributed by atoms with van der Waals surface area (Å²) in [6.07, 6.45) is 11.9. The summed E-state index contributed by atoms with van der Waals surface area (Å²) in [5.41, 5.74) is 2.81. The largest absolute Gasteiger partial charge is 0.360 e. The van der Waals surface area contributed by atoms with Crippen molar-refractivity contribution in [1.82, 2.24) is 24.8 Å². The molecule has 1 amide bonds. The Bertz CT molecular complexity index is 1230.